The van der Waals surface area contributed by atoms with Crippen LogP contribution in [0.4, 0.5) is 0 Å². The molecule has 1 fully saturated rings. The van der Waals surface area contributed by atoms with Crippen molar-refractivity contribution in [3.05, 3.63) is 53.9 Å². The standard InChI is InChI=1S/C20H25N5O3/c1-15-11-23-18(13-22-15)20(27)25(14-17-6-4-10-28-17)9-7-19(26)24-12-16-5-2-3-8-21-16/h2-3,5,8,11,13,17H,4,6-7,9-10,12,14H2,1H3,(H,24,26)/t17-/m0/s1. The van der Waals surface area contributed by atoms with E-state index in [1.807, 2.05) is 25.1 Å². The number of pyridine rings is 1. The maximum Gasteiger partial charge on any atom is 0.274 e. The van der Waals surface area contributed by atoms with Crippen molar-refractivity contribution < 1.29 is 14.3 Å². The zero-order valence-electron chi connectivity index (χ0n) is 16.0. The maximum atomic E-state index is 12.9. The largest absolute Gasteiger partial charge is 0.376 e. The summed E-state index contributed by atoms with van der Waals surface area (Å²) in [4.78, 5) is 39.2. The number of nitrogens with zero attached hydrogens (tertiary/aromatic N) is 4. The van der Waals surface area contributed by atoms with E-state index in [0.717, 1.165) is 24.2 Å². The van der Waals surface area contributed by atoms with E-state index in [-0.39, 0.29) is 30.0 Å². The normalized spacial score (nSPS) is 16.0. The molecule has 0 spiro atoms. The van der Waals surface area contributed by atoms with Gasteiger partial charge in [0.1, 0.15) is 5.69 Å². The van der Waals surface area contributed by atoms with Gasteiger partial charge in [-0.3, -0.25) is 19.6 Å². The zero-order valence-corrected chi connectivity index (χ0v) is 16.0. The topological polar surface area (TPSA) is 97.3 Å². The Labute approximate surface area is 164 Å². The number of aromatic nitrogens is 3. The second kappa shape index (κ2) is 9.89. The lowest BCUT2D eigenvalue weighted by molar-refractivity contribution is -0.121. The van der Waals surface area contributed by atoms with Crippen molar-refractivity contribution in [2.45, 2.75) is 38.8 Å². The molecule has 2 aromatic heterocycles. The first kappa shape index (κ1) is 19.9. The Bertz CT molecular complexity index is 776. The number of aryl methyl sites for hydroxylation is 1. The smallest absolute Gasteiger partial charge is 0.274 e. The molecule has 8 nitrogen and oxygen atoms in total. The molecule has 8 heteroatoms. The van der Waals surface area contributed by atoms with Crippen molar-refractivity contribution in [3.8, 4) is 0 Å². The molecule has 2 aromatic rings. The minimum Gasteiger partial charge on any atom is -0.376 e. The Morgan fingerprint density at radius 3 is 2.82 bits per heavy atom. The number of nitrogens with one attached hydrogen (secondary N) is 1. The highest BCUT2D eigenvalue weighted by atomic mass is 16.5. The van der Waals surface area contributed by atoms with Gasteiger partial charge in [0.2, 0.25) is 5.91 Å². The molecule has 0 saturated carbocycles. The van der Waals surface area contributed by atoms with Gasteiger partial charge in [0.25, 0.3) is 5.91 Å². The van der Waals surface area contributed by atoms with Crippen LogP contribution in [0.5, 0.6) is 0 Å². The van der Waals surface area contributed by atoms with Crippen LogP contribution in [0, 0.1) is 6.92 Å². The second-order valence-corrected chi connectivity index (χ2v) is 6.78. The van der Waals surface area contributed by atoms with E-state index in [1.54, 1.807) is 17.3 Å². The molecule has 3 rings (SSSR count). The Morgan fingerprint density at radius 2 is 2.14 bits per heavy atom. The van der Waals surface area contributed by atoms with Crippen LogP contribution in [0.3, 0.4) is 0 Å². The molecule has 1 aliphatic rings. The van der Waals surface area contributed by atoms with Gasteiger partial charge >= 0.3 is 0 Å². The highest BCUT2D eigenvalue weighted by Crippen LogP contribution is 2.15. The number of hydrogen-bond donors (Lipinski definition) is 1. The zero-order chi connectivity index (χ0) is 19.8. The van der Waals surface area contributed by atoms with Crippen molar-refractivity contribution in [2.24, 2.45) is 0 Å². The van der Waals surface area contributed by atoms with Crippen LogP contribution in [0.25, 0.3) is 0 Å². The summed E-state index contributed by atoms with van der Waals surface area (Å²) in [5.74, 6) is -0.369. The summed E-state index contributed by atoms with van der Waals surface area (Å²) >= 11 is 0. The van der Waals surface area contributed by atoms with Gasteiger partial charge < -0.3 is 15.0 Å². The molecule has 3 heterocycles. The van der Waals surface area contributed by atoms with Crippen LogP contribution in [0.1, 0.15) is 41.1 Å². The quantitative estimate of drug-likeness (QED) is 0.742. The number of hydrogen-bond acceptors (Lipinski definition) is 6. The molecule has 0 unspecified atom stereocenters. The first-order chi connectivity index (χ1) is 13.6. The fraction of sp³-hybridized carbons (Fsp3) is 0.450. The minimum absolute atomic E-state index is 0.000984. The average Bonchev–Trinajstić information content (AvgIpc) is 3.23. The monoisotopic (exact) mass is 383 g/mol. The molecule has 28 heavy (non-hydrogen) atoms. The first-order valence-corrected chi connectivity index (χ1v) is 9.48. The molecule has 2 amide bonds. The SMILES string of the molecule is Cc1cnc(C(=O)N(CCC(=O)NCc2ccccn2)C[C@@H]2CCCO2)cn1. The molecule has 0 aliphatic carbocycles. The van der Waals surface area contributed by atoms with Crippen molar-refractivity contribution in [2.75, 3.05) is 19.7 Å². The molecular formula is C20H25N5O3. The summed E-state index contributed by atoms with van der Waals surface area (Å²) in [5, 5.41) is 2.84. The third-order valence-corrected chi connectivity index (χ3v) is 4.54. The molecule has 0 aromatic carbocycles. The second-order valence-electron chi connectivity index (χ2n) is 6.78. The Kier molecular flexibility index (Phi) is 7.02. The molecular weight excluding hydrogens is 358 g/mol. The van der Waals surface area contributed by atoms with Crippen molar-refractivity contribution >= 4 is 11.8 Å². The molecule has 1 atom stereocenters. The number of ether oxygens (including phenoxy) is 1. The fourth-order valence-corrected chi connectivity index (χ4v) is 2.99. The van der Waals surface area contributed by atoms with Gasteiger partial charge in [0.15, 0.2) is 0 Å². The summed E-state index contributed by atoms with van der Waals surface area (Å²) in [5.41, 5.74) is 1.81. The third-order valence-electron chi connectivity index (χ3n) is 4.54. The summed E-state index contributed by atoms with van der Waals surface area (Å²) in [6.07, 6.45) is 6.82. The highest BCUT2D eigenvalue weighted by molar-refractivity contribution is 5.92. The fourth-order valence-electron chi connectivity index (χ4n) is 2.99. The minimum atomic E-state index is -0.236. The lowest BCUT2D eigenvalue weighted by Gasteiger charge is -2.25. The average molecular weight is 383 g/mol. The third kappa shape index (κ3) is 5.82. The van der Waals surface area contributed by atoms with E-state index in [9.17, 15) is 9.59 Å². The van der Waals surface area contributed by atoms with E-state index >= 15 is 0 Å². The van der Waals surface area contributed by atoms with Gasteiger partial charge in [0.05, 0.1) is 30.2 Å². The molecule has 0 bridgehead atoms. The van der Waals surface area contributed by atoms with E-state index in [2.05, 4.69) is 20.3 Å². The van der Waals surface area contributed by atoms with E-state index in [4.69, 9.17) is 4.74 Å². The van der Waals surface area contributed by atoms with Crippen LogP contribution in [0.2, 0.25) is 0 Å². The van der Waals surface area contributed by atoms with Crippen LogP contribution >= 0.6 is 0 Å². The molecule has 1 N–H and O–H groups in total. The Hall–Kier alpha value is -2.87. The molecule has 1 aliphatic heterocycles. The van der Waals surface area contributed by atoms with E-state index in [1.165, 1.54) is 6.20 Å². The van der Waals surface area contributed by atoms with Crippen molar-refractivity contribution in [3.63, 3.8) is 0 Å². The molecule has 148 valence electrons. The van der Waals surface area contributed by atoms with Gasteiger partial charge in [-0.2, -0.15) is 0 Å². The van der Waals surface area contributed by atoms with Gasteiger partial charge in [-0.15, -0.1) is 0 Å². The number of amides is 2. The van der Waals surface area contributed by atoms with Crippen molar-refractivity contribution in [1.82, 2.24) is 25.2 Å². The number of rotatable bonds is 8. The lowest BCUT2D eigenvalue weighted by atomic mass is 10.2. The van der Waals surface area contributed by atoms with Crippen LogP contribution < -0.4 is 5.32 Å². The predicted octanol–water partition coefficient (Wildman–Crippen LogP) is 1.51. The summed E-state index contributed by atoms with van der Waals surface area (Å²) in [6.45, 7) is 3.63. The maximum absolute atomic E-state index is 12.9. The Balaban J connectivity index is 1.57. The van der Waals surface area contributed by atoms with Gasteiger partial charge in [-0.25, -0.2) is 4.98 Å². The first-order valence-electron chi connectivity index (χ1n) is 9.48. The Morgan fingerprint density at radius 1 is 1.25 bits per heavy atom. The summed E-state index contributed by atoms with van der Waals surface area (Å²) in [6, 6.07) is 5.55. The molecule has 1 saturated heterocycles. The summed E-state index contributed by atoms with van der Waals surface area (Å²) < 4.78 is 5.66. The number of carbonyl (C=O) groups excluding carboxylic acids is 2. The van der Waals surface area contributed by atoms with E-state index < -0.39 is 0 Å². The molecule has 0 radical (unpaired) electrons. The highest BCUT2D eigenvalue weighted by Gasteiger charge is 2.24. The van der Waals surface area contributed by atoms with Crippen LogP contribution in [0.15, 0.2) is 36.8 Å². The van der Waals surface area contributed by atoms with Crippen LogP contribution in [-0.4, -0.2) is 57.5 Å². The van der Waals surface area contributed by atoms with Gasteiger partial charge in [-0.1, -0.05) is 6.07 Å². The summed E-state index contributed by atoms with van der Waals surface area (Å²) in [7, 11) is 0. The van der Waals surface area contributed by atoms with Crippen LogP contribution in [-0.2, 0) is 16.1 Å². The lowest BCUT2D eigenvalue weighted by Crippen LogP contribution is -2.40. The van der Waals surface area contributed by atoms with Crippen molar-refractivity contribution in [1.29, 1.82) is 0 Å². The van der Waals surface area contributed by atoms with Gasteiger partial charge in [-0.05, 0) is 31.9 Å². The number of carbonyl (C=O) groups is 2. The predicted molar refractivity (Wildman–Crippen MR) is 102 cm³/mol. The van der Waals surface area contributed by atoms with Gasteiger partial charge in [0, 0.05) is 38.5 Å². The van der Waals surface area contributed by atoms with E-state index in [0.29, 0.717) is 26.2 Å².